The lowest BCUT2D eigenvalue weighted by Crippen LogP contribution is -2.43. The number of anilines is 3. The van der Waals surface area contributed by atoms with Crippen LogP contribution in [0.1, 0.15) is 36.0 Å². The highest BCUT2D eigenvalue weighted by Crippen LogP contribution is 2.21. The van der Waals surface area contributed by atoms with E-state index < -0.39 is 5.91 Å². The van der Waals surface area contributed by atoms with Crippen molar-refractivity contribution in [2.24, 2.45) is 11.5 Å². The van der Waals surface area contributed by atoms with E-state index in [2.05, 4.69) is 25.9 Å². The van der Waals surface area contributed by atoms with E-state index >= 15 is 0 Å². The van der Waals surface area contributed by atoms with Crippen molar-refractivity contribution in [2.45, 2.75) is 37.8 Å². The fraction of sp³-hybridized carbons (Fsp3) is 0.300. The molecule has 0 unspecified atom stereocenters. The number of amides is 1. The van der Waals surface area contributed by atoms with E-state index in [1.54, 1.807) is 6.20 Å². The summed E-state index contributed by atoms with van der Waals surface area (Å²) < 4.78 is 0. The smallest absolute Gasteiger partial charge is 0.254 e. The number of nitrogens with one attached hydrogen (secondary N) is 4. The second kappa shape index (κ2) is 9.65. The number of aromatic nitrogens is 2. The van der Waals surface area contributed by atoms with Gasteiger partial charge in [-0.2, -0.15) is 4.98 Å². The molecule has 9 heteroatoms. The highest BCUT2D eigenvalue weighted by Gasteiger charge is 2.23. The average molecular weight is 394 g/mol. The Hall–Kier alpha value is -3.46. The number of carbonyl (C=O) groups is 1. The van der Waals surface area contributed by atoms with Crippen LogP contribution in [-0.2, 0) is 0 Å². The molecule has 1 aliphatic carbocycles. The largest absolute Gasteiger partial charge is 0.365 e. The molecule has 2 aromatic rings. The van der Waals surface area contributed by atoms with Gasteiger partial charge in [-0.15, -0.1) is 0 Å². The number of para-hydroxylation sites is 1. The normalized spacial score (nSPS) is 19.3. The lowest BCUT2D eigenvalue weighted by atomic mass is 9.91. The molecule has 0 bridgehead atoms. The second-order valence-electron chi connectivity index (χ2n) is 6.90. The van der Waals surface area contributed by atoms with Gasteiger partial charge in [0.2, 0.25) is 5.95 Å². The Balaban J connectivity index is 1.79. The van der Waals surface area contributed by atoms with Gasteiger partial charge in [0, 0.05) is 36.4 Å². The van der Waals surface area contributed by atoms with Crippen LogP contribution >= 0.6 is 0 Å². The van der Waals surface area contributed by atoms with Crippen LogP contribution in [0.5, 0.6) is 0 Å². The van der Waals surface area contributed by atoms with E-state index in [4.69, 9.17) is 16.9 Å². The molecule has 0 aliphatic heterocycles. The first kappa shape index (κ1) is 20.3. The third-order valence-electron chi connectivity index (χ3n) is 4.77. The van der Waals surface area contributed by atoms with Gasteiger partial charge in [0.15, 0.2) is 0 Å². The summed E-state index contributed by atoms with van der Waals surface area (Å²) >= 11 is 0. The Morgan fingerprint density at radius 1 is 1.21 bits per heavy atom. The lowest BCUT2D eigenvalue weighted by molar-refractivity contribution is 0.100. The predicted molar refractivity (Wildman–Crippen MR) is 115 cm³/mol. The molecule has 0 radical (unpaired) electrons. The van der Waals surface area contributed by atoms with Crippen molar-refractivity contribution in [3.63, 3.8) is 0 Å². The summed E-state index contributed by atoms with van der Waals surface area (Å²) in [6.07, 6.45) is 8.22. The van der Waals surface area contributed by atoms with Crippen LogP contribution in [0.15, 0.2) is 48.4 Å². The number of allylic oxidation sites excluding steroid dienone is 1. The van der Waals surface area contributed by atoms with Crippen LogP contribution in [0, 0.1) is 5.41 Å². The summed E-state index contributed by atoms with van der Waals surface area (Å²) in [5, 5.41) is 17.0. The fourth-order valence-corrected chi connectivity index (χ4v) is 3.18. The van der Waals surface area contributed by atoms with Gasteiger partial charge in [0.05, 0.1) is 5.70 Å². The minimum atomic E-state index is -0.659. The summed E-state index contributed by atoms with van der Waals surface area (Å²) in [4.78, 5) is 20.4. The Morgan fingerprint density at radius 3 is 2.66 bits per heavy atom. The molecule has 29 heavy (non-hydrogen) atoms. The first-order valence-electron chi connectivity index (χ1n) is 9.55. The fourth-order valence-electron chi connectivity index (χ4n) is 3.18. The first-order valence-corrected chi connectivity index (χ1v) is 9.55. The molecule has 1 fully saturated rings. The van der Waals surface area contributed by atoms with E-state index in [9.17, 15) is 4.79 Å². The van der Waals surface area contributed by atoms with Crippen LogP contribution in [0.25, 0.3) is 0 Å². The van der Waals surface area contributed by atoms with E-state index in [0.717, 1.165) is 37.6 Å². The Kier molecular flexibility index (Phi) is 6.75. The van der Waals surface area contributed by atoms with Gasteiger partial charge in [0.1, 0.15) is 11.4 Å². The monoisotopic (exact) mass is 394 g/mol. The van der Waals surface area contributed by atoms with Crippen molar-refractivity contribution in [2.75, 3.05) is 16.0 Å². The molecule has 152 valence electrons. The van der Waals surface area contributed by atoms with Crippen molar-refractivity contribution >= 4 is 29.6 Å². The topological polar surface area (TPSA) is 155 Å². The van der Waals surface area contributed by atoms with E-state index in [0.29, 0.717) is 11.6 Å². The van der Waals surface area contributed by atoms with Gasteiger partial charge in [-0.1, -0.05) is 31.0 Å². The number of hydrogen-bond donors (Lipinski definition) is 6. The van der Waals surface area contributed by atoms with Crippen molar-refractivity contribution in [1.29, 1.82) is 5.41 Å². The lowest BCUT2D eigenvalue weighted by Gasteiger charge is -2.29. The summed E-state index contributed by atoms with van der Waals surface area (Å²) in [7, 11) is 0. The number of nitrogens with zero attached hydrogens (tertiary/aromatic N) is 2. The van der Waals surface area contributed by atoms with Crippen LogP contribution in [-0.4, -0.2) is 34.2 Å². The minimum absolute atomic E-state index is 0.0340. The molecule has 2 atom stereocenters. The first-order chi connectivity index (χ1) is 14.1. The zero-order valence-electron chi connectivity index (χ0n) is 16.1. The van der Waals surface area contributed by atoms with Gasteiger partial charge < -0.3 is 32.8 Å². The Labute approximate surface area is 169 Å². The standard InChI is InChI=1S/C20H26N8O/c21-10-14(11-24-13-6-2-1-3-7-13)26-19-15(18(23)29)12-25-20(28-19)27-17-9-5-4-8-16(17)22/h1-3,6-7,10-12,16-17,21,24H,4-5,8-9,22H2,(H2,23,29)(H2,25,26,27,28)/b14-11+,21-10?/t16-,17+/m0/s1. The van der Waals surface area contributed by atoms with Crippen LogP contribution in [0.2, 0.25) is 0 Å². The summed E-state index contributed by atoms with van der Waals surface area (Å²) in [5.74, 6) is -0.0713. The molecular weight excluding hydrogens is 368 g/mol. The van der Waals surface area contributed by atoms with Gasteiger partial charge in [-0.25, -0.2) is 4.98 Å². The molecule has 0 spiro atoms. The third kappa shape index (κ3) is 5.52. The third-order valence-corrected chi connectivity index (χ3v) is 4.77. The van der Waals surface area contributed by atoms with Crippen molar-refractivity contribution < 1.29 is 4.79 Å². The maximum Gasteiger partial charge on any atom is 0.254 e. The van der Waals surface area contributed by atoms with Gasteiger partial charge in [0.25, 0.3) is 5.91 Å². The van der Waals surface area contributed by atoms with Crippen LogP contribution < -0.4 is 27.4 Å². The van der Waals surface area contributed by atoms with Gasteiger partial charge >= 0.3 is 0 Å². The van der Waals surface area contributed by atoms with Crippen molar-refractivity contribution in [3.05, 3.63) is 54.0 Å². The van der Waals surface area contributed by atoms with Crippen LogP contribution in [0.3, 0.4) is 0 Å². The highest BCUT2D eigenvalue weighted by atomic mass is 16.1. The molecule has 0 saturated heterocycles. The van der Waals surface area contributed by atoms with Gasteiger partial charge in [-0.05, 0) is 25.0 Å². The predicted octanol–water partition coefficient (Wildman–Crippen LogP) is 2.27. The van der Waals surface area contributed by atoms with Gasteiger partial charge in [-0.3, -0.25) is 4.79 Å². The number of nitrogens with two attached hydrogens (primary N) is 2. The zero-order valence-corrected chi connectivity index (χ0v) is 16.1. The molecular formula is C20H26N8O. The van der Waals surface area contributed by atoms with Crippen molar-refractivity contribution in [1.82, 2.24) is 9.97 Å². The number of carbonyl (C=O) groups excluding carboxylic acids is 1. The maximum atomic E-state index is 11.8. The zero-order chi connectivity index (χ0) is 20.6. The molecule has 1 amide bonds. The maximum absolute atomic E-state index is 11.8. The van der Waals surface area contributed by atoms with E-state index in [1.807, 2.05) is 30.3 Å². The molecule has 3 rings (SSSR count). The van der Waals surface area contributed by atoms with E-state index in [1.165, 1.54) is 6.20 Å². The highest BCUT2D eigenvalue weighted by molar-refractivity contribution is 5.98. The summed E-state index contributed by atoms with van der Waals surface area (Å²) in [6.45, 7) is 0. The average Bonchev–Trinajstić information content (AvgIpc) is 2.73. The van der Waals surface area contributed by atoms with Crippen LogP contribution in [0.4, 0.5) is 17.5 Å². The molecule has 8 N–H and O–H groups in total. The van der Waals surface area contributed by atoms with Crippen molar-refractivity contribution in [3.8, 4) is 0 Å². The molecule has 9 nitrogen and oxygen atoms in total. The number of benzene rings is 1. The summed E-state index contributed by atoms with van der Waals surface area (Å²) in [6, 6.07) is 9.62. The quantitative estimate of drug-likeness (QED) is 0.375. The number of hydrogen-bond acceptors (Lipinski definition) is 8. The minimum Gasteiger partial charge on any atom is -0.365 e. The molecule has 1 aromatic heterocycles. The Bertz CT molecular complexity index is 883. The number of primary amides is 1. The number of rotatable bonds is 8. The molecule has 1 aromatic carbocycles. The summed E-state index contributed by atoms with van der Waals surface area (Å²) in [5.41, 5.74) is 13.0. The second-order valence-corrected chi connectivity index (χ2v) is 6.90. The Morgan fingerprint density at radius 2 is 1.97 bits per heavy atom. The molecule has 1 heterocycles. The molecule has 1 aliphatic rings. The molecule has 1 saturated carbocycles. The SMILES string of the molecule is N=C/C(=C\Nc1ccccc1)Nc1nc(N[C@@H]2CCCC[C@@H]2N)ncc1C(N)=O. The van der Waals surface area contributed by atoms with E-state index in [-0.39, 0.29) is 23.5 Å².